The predicted octanol–water partition coefficient (Wildman–Crippen LogP) is 25.8. The molecule has 508 valence electrons. The number of unbranched alkanes of at least 4 members (excludes halogenated alkanes) is 59. The lowest BCUT2D eigenvalue weighted by Crippen LogP contribution is -2.45. The van der Waals surface area contributed by atoms with Crippen LogP contribution < -0.4 is 5.32 Å². The molecule has 2 atom stereocenters. The molecule has 0 aliphatic heterocycles. The number of nitrogens with one attached hydrogen (secondary N) is 1. The smallest absolute Gasteiger partial charge is 0.305 e. The van der Waals surface area contributed by atoms with Crippen molar-refractivity contribution in [2.75, 3.05) is 13.2 Å². The van der Waals surface area contributed by atoms with Crippen LogP contribution >= 0.6 is 0 Å². The van der Waals surface area contributed by atoms with Crippen molar-refractivity contribution in [1.82, 2.24) is 5.32 Å². The number of amides is 1. The van der Waals surface area contributed by atoms with Crippen LogP contribution in [0.15, 0.2) is 36.5 Å². The Balaban J connectivity index is 3.40. The Morgan fingerprint density at radius 1 is 0.314 bits per heavy atom. The number of carbonyl (C=O) groups excluding carboxylic acids is 2. The van der Waals surface area contributed by atoms with Crippen molar-refractivity contribution in [3.05, 3.63) is 36.5 Å². The van der Waals surface area contributed by atoms with Crippen molar-refractivity contribution in [2.24, 2.45) is 0 Å². The van der Waals surface area contributed by atoms with Gasteiger partial charge in [-0.15, -0.1) is 0 Å². The molecule has 0 radical (unpaired) electrons. The van der Waals surface area contributed by atoms with E-state index in [2.05, 4.69) is 43.5 Å². The number of carbonyl (C=O) groups is 2. The van der Waals surface area contributed by atoms with Crippen molar-refractivity contribution >= 4 is 11.9 Å². The number of aliphatic hydroxyl groups excluding tert-OH is 2. The molecular formula is C80H153NO5. The van der Waals surface area contributed by atoms with E-state index < -0.39 is 12.1 Å². The van der Waals surface area contributed by atoms with E-state index in [1.165, 1.54) is 366 Å². The van der Waals surface area contributed by atoms with Gasteiger partial charge in [0, 0.05) is 12.8 Å². The summed E-state index contributed by atoms with van der Waals surface area (Å²) in [6.45, 7) is 4.95. The molecule has 0 aliphatic carbocycles. The molecule has 0 aliphatic rings. The van der Waals surface area contributed by atoms with E-state index in [9.17, 15) is 19.8 Å². The highest BCUT2D eigenvalue weighted by Gasteiger charge is 2.18. The molecule has 0 rings (SSSR count). The Morgan fingerprint density at radius 3 is 0.826 bits per heavy atom. The molecule has 0 heterocycles. The molecule has 0 aromatic heterocycles. The van der Waals surface area contributed by atoms with Crippen molar-refractivity contribution < 1.29 is 24.5 Å². The average Bonchev–Trinajstić information content (AvgIpc) is 3.54. The second kappa shape index (κ2) is 75.5. The quantitative estimate of drug-likeness (QED) is 0.0320. The number of esters is 1. The number of rotatable bonds is 74. The summed E-state index contributed by atoms with van der Waals surface area (Å²) in [5.41, 5.74) is 0. The molecule has 86 heavy (non-hydrogen) atoms. The number of hydrogen-bond acceptors (Lipinski definition) is 5. The molecule has 6 heteroatoms. The van der Waals surface area contributed by atoms with E-state index in [0.717, 1.165) is 44.9 Å². The maximum Gasteiger partial charge on any atom is 0.305 e. The molecule has 3 N–H and O–H groups in total. The summed E-state index contributed by atoms with van der Waals surface area (Å²) in [4.78, 5) is 24.7. The number of aliphatic hydroxyl groups is 2. The van der Waals surface area contributed by atoms with Crippen molar-refractivity contribution in [2.45, 2.75) is 450 Å². The zero-order valence-electron chi connectivity index (χ0n) is 58.3. The lowest BCUT2D eigenvalue weighted by molar-refractivity contribution is -0.143. The molecule has 0 bridgehead atoms. The fraction of sp³-hybridized carbons (Fsp3) is 0.900. The standard InChI is InChI=1S/C80H153NO5/c1-3-5-7-9-11-13-15-17-19-21-23-24-25-31-34-37-40-44-48-52-56-60-64-68-72-78(83)77(76-82)81-79(84)73-69-65-61-57-53-49-45-41-38-35-32-29-27-26-28-30-33-36-39-43-47-51-55-59-63-67-71-75-86-80(85)74-70-66-62-58-54-50-46-42-22-20-18-16-14-12-10-8-6-4-2/h20,22,26-27,68,72,77-78,82-83H,3-19,21,23-25,28-67,69-71,73-76H2,1-2H3,(H,81,84)/b22-20-,27-26-,72-68+. The van der Waals surface area contributed by atoms with Gasteiger partial charge in [0.15, 0.2) is 0 Å². The minimum Gasteiger partial charge on any atom is -0.466 e. The molecule has 0 saturated heterocycles. The van der Waals surface area contributed by atoms with Gasteiger partial charge in [0.05, 0.1) is 25.4 Å². The van der Waals surface area contributed by atoms with Crippen LogP contribution in [0.25, 0.3) is 0 Å². The van der Waals surface area contributed by atoms with Crippen LogP contribution in [0.2, 0.25) is 0 Å². The van der Waals surface area contributed by atoms with Crippen molar-refractivity contribution in [1.29, 1.82) is 0 Å². The summed E-state index contributed by atoms with van der Waals surface area (Å²) in [6.07, 6.45) is 98.3. The van der Waals surface area contributed by atoms with E-state index >= 15 is 0 Å². The Labute approximate surface area is 538 Å². The normalized spacial score (nSPS) is 12.7. The topological polar surface area (TPSA) is 95.9 Å². The van der Waals surface area contributed by atoms with Gasteiger partial charge in [-0.05, 0) is 83.5 Å². The largest absolute Gasteiger partial charge is 0.466 e. The van der Waals surface area contributed by atoms with Gasteiger partial charge >= 0.3 is 5.97 Å². The summed E-state index contributed by atoms with van der Waals surface area (Å²) >= 11 is 0. The molecular weight excluding hydrogens is 1050 g/mol. The van der Waals surface area contributed by atoms with Gasteiger partial charge in [-0.1, -0.05) is 378 Å². The van der Waals surface area contributed by atoms with Gasteiger partial charge < -0.3 is 20.3 Å². The van der Waals surface area contributed by atoms with Crippen LogP contribution in [0.3, 0.4) is 0 Å². The Morgan fingerprint density at radius 2 is 0.547 bits per heavy atom. The summed E-state index contributed by atoms with van der Waals surface area (Å²) in [5, 5.41) is 23.3. The zero-order valence-corrected chi connectivity index (χ0v) is 58.3. The third-order valence-electron chi connectivity index (χ3n) is 18.4. The van der Waals surface area contributed by atoms with Crippen LogP contribution in [0.4, 0.5) is 0 Å². The molecule has 0 aromatic rings. The molecule has 0 aromatic carbocycles. The first-order valence-electron chi connectivity index (χ1n) is 39.3. The molecule has 0 fully saturated rings. The van der Waals surface area contributed by atoms with E-state index in [1.54, 1.807) is 6.08 Å². The van der Waals surface area contributed by atoms with Crippen LogP contribution in [-0.4, -0.2) is 47.4 Å². The highest BCUT2D eigenvalue weighted by Crippen LogP contribution is 2.19. The van der Waals surface area contributed by atoms with E-state index in [1.807, 2.05) is 6.08 Å². The number of ether oxygens (including phenoxy) is 1. The minimum absolute atomic E-state index is 0.0127. The van der Waals surface area contributed by atoms with Gasteiger partial charge in [-0.2, -0.15) is 0 Å². The van der Waals surface area contributed by atoms with Crippen LogP contribution in [0.5, 0.6) is 0 Å². The molecule has 0 saturated carbocycles. The van der Waals surface area contributed by atoms with Gasteiger partial charge in [-0.3, -0.25) is 9.59 Å². The molecule has 6 nitrogen and oxygen atoms in total. The van der Waals surface area contributed by atoms with E-state index in [0.29, 0.717) is 19.4 Å². The Bertz CT molecular complexity index is 1390. The average molecular weight is 1210 g/mol. The van der Waals surface area contributed by atoms with E-state index in [4.69, 9.17) is 4.74 Å². The minimum atomic E-state index is -0.847. The van der Waals surface area contributed by atoms with Crippen LogP contribution in [-0.2, 0) is 14.3 Å². The first kappa shape index (κ1) is 84.1. The monoisotopic (exact) mass is 1210 g/mol. The maximum atomic E-state index is 12.6. The van der Waals surface area contributed by atoms with E-state index in [-0.39, 0.29) is 18.5 Å². The maximum absolute atomic E-state index is 12.6. The first-order valence-corrected chi connectivity index (χ1v) is 39.3. The third kappa shape index (κ3) is 71.2. The Kier molecular flexibility index (Phi) is 73.9. The van der Waals surface area contributed by atoms with Gasteiger partial charge in [0.2, 0.25) is 5.91 Å². The third-order valence-corrected chi connectivity index (χ3v) is 18.4. The summed E-state index contributed by atoms with van der Waals surface area (Å²) < 4.78 is 5.51. The van der Waals surface area contributed by atoms with Gasteiger partial charge in [0.1, 0.15) is 0 Å². The summed E-state index contributed by atoms with van der Waals surface area (Å²) in [6, 6.07) is -0.630. The van der Waals surface area contributed by atoms with Gasteiger partial charge in [0.25, 0.3) is 0 Å². The fourth-order valence-corrected chi connectivity index (χ4v) is 12.4. The van der Waals surface area contributed by atoms with Crippen molar-refractivity contribution in [3.63, 3.8) is 0 Å². The molecule has 1 amide bonds. The van der Waals surface area contributed by atoms with Gasteiger partial charge in [-0.25, -0.2) is 0 Å². The highest BCUT2D eigenvalue weighted by atomic mass is 16.5. The van der Waals surface area contributed by atoms with Crippen LogP contribution in [0, 0.1) is 0 Å². The Hall–Kier alpha value is -1.92. The van der Waals surface area contributed by atoms with Crippen LogP contribution in [0.1, 0.15) is 438 Å². The number of allylic oxidation sites excluding steroid dienone is 5. The van der Waals surface area contributed by atoms with Crippen molar-refractivity contribution in [3.8, 4) is 0 Å². The second-order valence-corrected chi connectivity index (χ2v) is 27.0. The highest BCUT2D eigenvalue weighted by molar-refractivity contribution is 5.76. The zero-order chi connectivity index (χ0) is 62.0. The SMILES string of the molecule is CCCCCCCCC/C=C\CCCCCCCCCC(=O)OCCCCCCCCCCCCCC/C=C\CCCCCCCCCCCCCC(=O)NC(CO)C(O)/C=C/CCCCCCCCCCCCCCCCCCCCCCCC. The number of hydrogen-bond donors (Lipinski definition) is 3. The lowest BCUT2D eigenvalue weighted by Gasteiger charge is -2.20. The fourth-order valence-electron chi connectivity index (χ4n) is 12.4. The second-order valence-electron chi connectivity index (χ2n) is 27.0. The predicted molar refractivity (Wildman–Crippen MR) is 379 cm³/mol. The lowest BCUT2D eigenvalue weighted by atomic mass is 10.0. The molecule has 0 spiro atoms. The first-order chi connectivity index (χ1) is 42.5. The molecule has 2 unspecified atom stereocenters. The summed E-state index contributed by atoms with van der Waals surface area (Å²) in [7, 11) is 0. The summed E-state index contributed by atoms with van der Waals surface area (Å²) in [5.74, 6) is -0.0514.